The number of pyridine rings is 2. The van der Waals surface area contributed by atoms with Crippen LogP contribution in [0.3, 0.4) is 0 Å². The first-order valence-corrected chi connectivity index (χ1v) is 7.39. The first-order chi connectivity index (χ1) is 11.5. The average molecular weight is 345 g/mol. The molecule has 24 heavy (non-hydrogen) atoms. The van der Waals surface area contributed by atoms with E-state index in [4.69, 9.17) is 11.6 Å². The molecule has 4 aromatic rings. The van der Waals surface area contributed by atoms with Crippen molar-refractivity contribution in [2.45, 2.75) is 0 Å². The Morgan fingerprint density at radius 2 is 1.50 bits per heavy atom. The van der Waals surface area contributed by atoms with Crippen LogP contribution in [0.4, 0.5) is 8.78 Å². The summed E-state index contributed by atoms with van der Waals surface area (Å²) >= 11 is 5.75. The molecule has 2 aromatic carbocycles. The van der Waals surface area contributed by atoms with Crippen LogP contribution in [-0.4, -0.2) is 9.97 Å². The van der Waals surface area contributed by atoms with Crippen LogP contribution in [-0.2, 0) is 0 Å². The molecule has 0 spiro atoms. The molecule has 0 aliphatic carbocycles. The summed E-state index contributed by atoms with van der Waals surface area (Å²) in [4.78, 5) is 17.4. The summed E-state index contributed by atoms with van der Waals surface area (Å²) in [5, 5.41) is 3.03. The van der Waals surface area contributed by atoms with Gasteiger partial charge in [-0.15, -0.1) is 0 Å². The Bertz CT molecular complexity index is 1080. The van der Waals surface area contributed by atoms with Crippen molar-refractivity contribution in [2.75, 3.05) is 0 Å². The SMILES string of the molecule is Fc1ccc2ccnc(Cl)c2c1.O=c1[nH]ccc2ccc(F)cc12. The van der Waals surface area contributed by atoms with Crippen LogP contribution in [0.15, 0.2) is 65.7 Å². The molecule has 0 radical (unpaired) electrons. The van der Waals surface area contributed by atoms with E-state index < -0.39 is 0 Å². The van der Waals surface area contributed by atoms with E-state index in [9.17, 15) is 13.6 Å². The minimum atomic E-state index is -0.390. The molecule has 2 heterocycles. The van der Waals surface area contributed by atoms with Gasteiger partial charge in [0.15, 0.2) is 0 Å². The Hall–Kier alpha value is -2.79. The van der Waals surface area contributed by atoms with Gasteiger partial charge in [-0.25, -0.2) is 13.8 Å². The fourth-order valence-corrected chi connectivity index (χ4v) is 2.48. The van der Waals surface area contributed by atoms with Gasteiger partial charge in [-0.05, 0) is 47.2 Å². The van der Waals surface area contributed by atoms with Crippen molar-refractivity contribution >= 4 is 33.1 Å². The van der Waals surface area contributed by atoms with Crippen LogP contribution >= 0.6 is 11.6 Å². The highest BCUT2D eigenvalue weighted by molar-refractivity contribution is 6.34. The van der Waals surface area contributed by atoms with E-state index in [1.54, 1.807) is 36.7 Å². The normalized spacial score (nSPS) is 10.5. The highest BCUT2D eigenvalue weighted by atomic mass is 35.5. The zero-order valence-electron chi connectivity index (χ0n) is 12.3. The summed E-state index contributed by atoms with van der Waals surface area (Å²) in [6.45, 7) is 0. The summed E-state index contributed by atoms with van der Waals surface area (Å²) in [5.74, 6) is -0.684. The van der Waals surface area contributed by atoms with Crippen molar-refractivity contribution in [3.63, 3.8) is 0 Å². The molecule has 0 amide bonds. The number of benzene rings is 2. The Balaban J connectivity index is 0.000000141. The minimum Gasteiger partial charge on any atom is -0.329 e. The minimum absolute atomic E-state index is 0.257. The van der Waals surface area contributed by atoms with Gasteiger partial charge < -0.3 is 4.98 Å². The molecule has 4 rings (SSSR count). The molecule has 0 aliphatic heterocycles. The Kier molecular flexibility index (Phi) is 4.53. The van der Waals surface area contributed by atoms with Gasteiger partial charge in [-0.1, -0.05) is 23.7 Å². The maximum Gasteiger partial charge on any atom is 0.255 e. The first kappa shape index (κ1) is 16.1. The zero-order chi connectivity index (χ0) is 17.1. The number of halogens is 3. The second kappa shape index (κ2) is 6.76. The van der Waals surface area contributed by atoms with Gasteiger partial charge in [0.2, 0.25) is 0 Å². The molecule has 0 bridgehead atoms. The van der Waals surface area contributed by atoms with Gasteiger partial charge in [0.05, 0.1) is 0 Å². The Morgan fingerprint density at radius 3 is 2.21 bits per heavy atom. The van der Waals surface area contributed by atoms with E-state index >= 15 is 0 Å². The number of aromatic nitrogens is 2. The predicted molar refractivity (Wildman–Crippen MR) is 91.2 cm³/mol. The second-order valence-corrected chi connectivity index (χ2v) is 5.36. The highest BCUT2D eigenvalue weighted by Gasteiger charge is 2.00. The number of nitrogens with one attached hydrogen (secondary N) is 1. The van der Waals surface area contributed by atoms with Crippen LogP contribution in [0.2, 0.25) is 5.15 Å². The van der Waals surface area contributed by atoms with E-state index in [-0.39, 0.29) is 17.2 Å². The third-order valence-corrected chi connectivity index (χ3v) is 3.72. The smallest absolute Gasteiger partial charge is 0.255 e. The first-order valence-electron chi connectivity index (χ1n) is 7.01. The molecule has 6 heteroatoms. The predicted octanol–water partition coefficient (Wildman–Crippen LogP) is 4.69. The van der Waals surface area contributed by atoms with Crippen molar-refractivity contribution in [2.24, 2.45) is 0 Å². The van der Waals surface area contributed by atoms with Crippen LogP contribution < -0.4 is 5.56 Å². The van der Waals surface area contributed by atoms with Crippen molar-refractivity contribution in [1.29, 1.82) is 0 Å². The molecule has 0 fully saturated rings. The van der Waals surface area contributed by atoms with Crippen LogP contribution in [0.5, 0.6) is 0 Å². The maximum absolute atomic E-state index is 12.7. The Labute approximate surface area is 140 Å². The summed E-state index contributed by atoms with van der Waals surface area (Å²) in [6, 6.07) is 12.1. The number of hydrogen-bond donors (Lipinski definition) is 1. The molecule has 0 saturated carbocycles. The van der Waals surface area contributed by atoms with Gasteiger partial charge in [0.1, 0.15) is 16.8 Å². The molecule has 120 valence electrons. The zero-order valence-corrected chi connectivity index (χ0v) is 13.0. The van der Waals surface area contributed by atoms with Crippen LogP contribution in [0.1, 0.15) is 0 Å². The average Bonchev–Trinajstić information content (AvgIpc) is 2.57. The quantitative estimate of drug-likeness (QED) is 0.470. The third kappa shape index (κ3) is 3.41. The standard InChI is InChI=1S/C9H5ClFN.C9H6FNO/c10-9-8-5-7(11)2-1-6(8)3-4-12-9;10-7-2-1-6-3-4-11-9(12)8(6)5-7/h1-5H;1-5H,(H,11,12). The lowest BCUT2D eigenvalue weighted by molar-refractivity contribution is 0.629. The molecular formula is C18H11ClF2N2O. The number of nitrogens with zero attached hydrogens (tertiary/aromatic N) is 1. The van der Waals surface area contributed by atoms with Crippen LogP contribution in [0, 0.1) is 11.6 Å². The molecule has 2 aromatic heterocycles. The Morgan fingerprint density at radius 1 is 0.875 bits per heavy atom. The molecule has 3 nitrogen and oxygen atoms in total. The second-order valence-electron chi connectivity index (χ2n) is 5.01. The van der Waals surface area contributed by atoms with Gasteiger partial charge >= 0.3 is 0 Å². The largest absolute Gasteiger partial charge is 0.329 e. The van der Waals surface area contributed by atoms with Gasteiger partial charge in [0.25, 0.3) is 5.56 Å². The summed E-state index contributed by atoms with van der Waals surface area (Å²) in [5.41, 5.74) is -0.257. The molecular weight excluding hydrogens is 334 g/mol. The van der Waals surface area contributed by atoms with Crippen molar-refractivity contribution < 1.29 is 8.78 Å². The monoisotopic (exact) mass is 344 g/mol. The summed E-state index contributed by atoms with van der Waals surface area (Å²) < 4.78 is 25.4. The van der Waals surface area contributed by atoms with E-state index in [2.05, 4.69) is 9.97 Å². The fraction of sp³-hybridized carbons (Fsp3) is 0. The molecule has 0 aliphatic rings. The van der Waals surface area contributed by atoms with Gasteiger partial charge in [-0.2, -0.15) is 0 Å². The van der Waals surface area contributed by atoms with E-state index in [0.29, 0.717) is 15.9 Å². The number of aromatic amines is 1. The highest BCUT2D eigenvalue weighted by Crippen LogP contribution is 2.21. The van der Waals surface area contributed by atoms with E-state index in [1.807, 2.05) is 0 Å². The molecule has 0 saturated heterocycles. The van der Waals surface area contributed by atoms with Crippen molar-refractivity contribution in [3.8, 4) is 0 Å². The summed E-state index contributed by atoms with van der Waals surface area (Å²) in [6.07, 6.45) is 3.14. The van der Waals surface area contributed by atoms with Crippen molar-refractivity contribution in [1.82, 2.24) is 9.97 Å². The lowest BCUT2D eigenvalue weighted by Gasteiger charge is -1.97. The molecule has 0 atom stereocenters. The lowest BCUT2D eigenvalue weighted by Crippen LogP contribution is -2.04. The molecule has 0 unspecified atom stereocenters. The lowest BCUT2D eigenvalue weighted by atomic mass is 10.2. The number of rotatable bonds is 0. The number of hydrogen-bond acceptors (Lipinski definition) is 2. The van der Waals surface area contributed by atoms with E-state index in [1.165, 1.54) is 24.3 Å². The van der Waals surface area contributed by atoms with E-state index in [0.717, 1.165) is 10.8 Å². The van der Waals surface area contributed by atoms with Crippen LogP contribution in [0.25, 0.3) is 21.5 Å². The van der Waals surface area contributed by atoms with Crippen molar-refractivity contribution in [3.05, 3.63) is 88.1 Å². The maximum atomic E-state index is 12.7. The third-order valence-electron chi connectivity index (χ3n) is 3.42. The fourth-order valence-electron chi connectivity index (χ4n) is 2.26. The topological polar surface area (TPSA) is 45.8 Å². The van der Waals surface area contributed by atoms with Gasteiger partial charge in [-0.3, -0.25) is 4.79 Å². The summed E-state index contributed by atoms with van der Waals surface area (Å²) in [7, 11) is 0. The van der Waals surface area contributed by atoms with Gasteiger partial charge in [0, 0.05) is 23.2 Å². The number of H-pyrrole nitrogens is 1. The molecule has 1 N–H and O–H groups in total. The number of fused-ring (bicyclic) bond motifs is 2.